The molecule has 1 aliphatic heterocycles. The fourth-order valence-electron chi connectivity index (χ4n) is 2.65. The maximum Gasteiger partial charge on any atom is 0.416 e. The zero-order chi connectivity index (χ0) is 18.6. The minimum atomic E-state index is -4.39. The number of nitrogens with two attached hydrogens (primary N) is 1. The monoisotopic (exact) mass is 359 g/mol. The number of piperazine rings is 1. The average molecular weight is 359 g/mol. The molecule has 6 nitrogen and oxygen atoms in total. The highest BCUT2D eigenvalue weighted by atomic mass is 19.4. The van der Waals surface area contributed by atoms with Crippen molar-refractivity contribution in [3.05, 3.63) is 29.8 Å². The van der Waals surface area contributed by atoms with Crippen LogP contribution < -0.4 is 10.6 Å². The number of carboxylic acids is 1. The number of amides is 1. The first-order valence-electron chi connectivity index (χ1n) is 7.87. The summed E-state index contributed by atoms with van der Waals surface area (Å²) >= 11 is 0. The van der Waals surface area contributed by atoms with E-state index in [4.69, 9.17) is 10.8 Å². The molecule has 1 amide bonds. The van der Waals surface area contributed by atoms with Crippen LogP contribution in [0.2, 0.25) is 0 Å². The lowest BCUT2D eigenvalue weighted by Gasteiger charge is -2.36. The summed E-state index contributed by atoms with van der Waals surface area (Å²) in [5.41, 5.74) is 5.14. The van der Waals surface area contributed by atoms with E-state index in [1.807, 2.05) is 0 Å². The van der Waals surface area contributed by atoms with Gasteiger partial charge in [0.1, 0.15) is 6.04 Å². The van der Waals surface area contributed by atoms with Gasteiger partial charge in [-0.3, -0.25) is 9.59 Å². The Morgan fingerprint density at radius 3 is 2.40 bits per heavy atom. The smallest absolute Gasteiger partial charge is 0.416 e. The molecular formula is C16H20F3N3O3. The Labute approximate surface area is 143 Å². The third kappa shape index (κ3) is 5.09. The quantitative estimate of drug-likeness (QED) is 0.833. The Morgan fingerprint density at radius 1 is 1.20 bits per heavy atom. The maximum absolute atomic E-state index is 12.8. The Balaban J connectivity index is 1.89. The summed E-state index contributed by atoms with van der Waals surface area (Å²) in [6.45, 7) is 1.57. The van der Waals surface area contributed by atoms with Gasteiger partial charge in [-0.25, -0.2) is 0 Å². The highest BCUT2D eigenvalue weighted by molar-refractivity contribution is 5.78. The minimum absolute atomic E-state index is 0.0387. The van der Waals surface area contributed by atoms with E-state index in [2.05, 4.69) is 0 Å². The second kappa shape index (κ2) is 7.73. The van der Waals surface area contributed by atoms with Gasteiger partial charge in [0.25, 0.3) is 0 Å². The van der Waals surface area contributed by atoms with E-state index in [1.54, 1.807) is 15.9 Å². The fourth-order valence-corrected chi connectivity index (χ4v) is 2.65. The van der Waals surface area contributed by atoms with E-state index in [1.165, 1.54) is 6.07 Å². The van der Waals surface area contributed by atoms with Crippen molar-refractivity contribution in [2.45, 2.75) is 25.1 Å². The summed E-state index contributed by atoms with van der Waals surface area (Å²) in [6.07, 6.45) is -4.30. The summed E-state index contributed by atoms with van der Waals surface area (Å²) in [5.74, 6) is -1.34. The Hall–Kier alpha value is -2.29. The van der Waals surface area contributed by atoms with Gasteiger partial charge in [-0.2, -0.15) is 13.2 Å². The van der Waals surface area contributed by atoms with Crippen LogP contribution >= 0.6 is 0 Å². The van der Waals surface area contributed by atoms with Crippen LogP contribution in [0.5, 0.6) is 0 Å². The van der Waals surface area contributed by atoms with Gasteiger partial charge >= 0.3 is 12.1 Å². The molecule has 3 N–H and O–H groups in total. The van der Waals surface area contributed by atoms with Crippen LogP contribution in [0.25, 0.3) is 0 Å². The molecule has 1 atom stereocenters. The number of aliphatic carboxylic acids is 1. The van der Waals surface area contributed by atoms with Crippen LogP contribution in [0, 0.1) is 0 Å². The number of halogens is 3. The van der Waals surface area contributed by atoms with E-state index >= 15 is 0 Å². The van der Waals surface area contributed by atoms with E-state index in [-0.39, 0.29) is 18.7 Å². The predicted molar refractivity (Wildman–Crippen MR) is 85.1 cm³/mol. The van der Waals surface area contributed by atoms with Gasteiger partial charge in [0.2, 0.25) is 5.91 Å². The minimum Gasteiger partial charge on any atom is -0.480 e. The lowest BCUT2D eigenvalue weighted by atomic mass is 10.1. The number of carbonyl (C=O) groups is 2. The third-order valence-corrected chi connectivity index (χ3v) is 4.16. The number of hydrogen-bond donors (Lipinski definition) is 2. The summed E-state index contributed by atoms with van der Waals surface area (Å²) in [5, 5.41) is 8.71. The molecule has 138 valence electrons. The van der Waals surface area contributed by atoms with Crippen molar-refractivity contribution in [2.75, 3.05) is 31.1 Å². The van der Waals surface area contributed by atoms with Crippen molar-refractivity contribution in [2.24, 2.45) is 5.73 Å². The SMILES string of the molecule is N[C@@H](CCC(=O)N1CCN(c2cccc(C(F)(F)F)c2)CC1)C(=O)O. The molecule has 0 radical (unpaired) electrons. The number of alkyl halides is 3. The molecule has 0 spiro atoms. The average Bonchev–Trinajstić information content (AvgIpc) is 2.58. The molecule has 1 heterocycles. The number of carboxylic acid groups (broad SMARTS) is 1. The predicted octanol–water partition coefficient (Wildman–Crippen LogP) is 1.55. The van der Waals surface area contributed by atoms with Crippen molar-refractivity contribution in [1.29, 1.82) is 0 Å². The van der Waals surface area contributed by atoms with E-state index in [9.17, 15) is 22.8 Å². The van der Waals surface area contributed by atoms with E-state index in [0.717, 1.165) is 12.1 Å². The lowest BCUT2D eigenvalue weighted by molar-refractivity contribution is -0.139. The first-order valence-corrected chi connectivity index (χ1v) is 7.87. The van der Waals surface area contributed by atoms with E-state index < -0.39 is 23.8 Å². The number of benzene rings is 1. The largest absolute Gasteiger partial charge is 0.480 e. The molecule has 0 aromatic heterocycles. The third-order valence-electron chi connectivity index (χ3n) is 4.16. The second-order valence-corrected chi connectivity index (χ2v) is 5.90. The maximum atomic E-state index is 12.8. The van der Waals surface area contributed by atoms with Gasteiger partial charge in [-0.15, -0.1) is 0 Å². The molecule has 1 aliphatic rings. The van der Waals surface area contributed by atoms with Crippen LogP contribution in [0.15, 0.2) is 24.3 Å². The number of anilines is 1. The number of rotatable bonds is 5. The van der Waals surface area contributed by atoms with Gasteiger partial charge in [-0.05, 0) is 24.6 Å². The molecule has 9 heteroatoms. The van der Waals surface area contributed by atoms with Crippen molar-refractivity contribution in [3.8, 4) is 0 Å². The van der Waals surface area contributed by atoms with Crippen molar-refractivity contribution < 1.29 is 27.9 Å². The highest BCUT2D eigenvalue weighted by Gasteiger charge is 2.31. The number of hydrogen-bond acceptors (Lipinski definition) is 4. The molecular weight excluding hydrogens is 339 g/mol. The molecule has 1 fully saturated rings. The zero-order valence-corrected chi connectivity index (χ0v) is 13.5. The molecule has 0 aliphatic carbocycles. The van der Waals surface area contributed by atoms with Gasteiger partial charge in [0.15, 0.2) is 0 Å². The molecule has 25 heavy (non-hydrogen) atoms. The van der Waals surface area contributed by atoms with Gasteiger partial charge in [-0.1, -0.05) is 6.07 Å². The molecule has 0 saturated carbocycles. The molecule has 2 rings (SSSR count). The van der Waals surface area contributed by atoms with Gasteiger partial charge in [0.05, 0.1) is 5.56 Å². The molecule has 0 unspecified atom stereocenters. The van der Waals surface area contributed by atoms with Crippen LogP contribution in [0.4, 0.5) is 18.9 Å². The lowest BCUT2D eigenvalue weighted by Crippen LogP contribution is -2.49. The molecule has 1 aromatic rings. The van der Waals surface area contributed by atoms with Crippen LogP contribution in [0.1, 0.15) is 18.4 Å². The van der Waals surface area contributed by atoms with Crippen molar-refractivity contribution >= 4 is 17.6 Å². The first-order chi connectivity index (χ1) is 11.7. The Morgan fingerprint density at radius 2 is 1.84 bits per heavy atom. The summed E-state index contributed by atoms with van der Waals surface area (Å²) in [6, 6.07) is 4.02. The standard InChI is InChI=1S/C16H20F3N3O3/c17-16(18,19)11-2-1-3-12(10-11)21-6-8-22(9-7-21)14(23)5-4-13(20)15(24)25/h1-3,10,13H,4-9,20H2,(H,24,25)/t13-/m0/s1. The fraction of sp³-hybridized carbons (Fsp3) is 0.500. The normalized spacial score (nSPS) is 16.6. The summed E-state index contributed by atoms with van der Waals surface area (Å²) in [7, 11) is 0. The molecule has 1 saturated heterocycles. The Kier molecular flexibility index (Phi) is 5.89. The number of nitrogens with zero attached hydrogens (tertiary/aromatic N) is 2. The summed E-state index contributed by atoms with van der Waals surface area (Å²) in [4.78, 5) is 26.1. The number of carbonyl (C=O) groups excluding carboxylic acids is 1. The van der Waals surface area contributed by atoms with Crippen LogP contribution in [0.3, 0.4) is 0 Å². The zero-order valence-electron chi connectivity index (χ0n) is 13.5. The summed E-state index contributed by atoms with van der Waals surface area (Å²) < 4.78 is 38.4. The topological polar surface area (TPSA) is 86.9 Å². The van der Waals surface area contributed by atoms with E-state index in [0.29, 0.717) is 31.9 Å². The van der Waals surface area contributed by atoms with Crippen LogP contribution in [-0.4, -0.2) is 54.1 Å². The van der Waals surface area contributed by atoms with Gasteiger partial charge < -0.3 is 20.6 Å². The molecule has 1 aromatic carbocycles. The Bertz CT molecular complexity index is 629. The highest BCUT2D eigenvalue weighted by Crippen LogP contribution is 2.31. The second-order valence-electron chi connectivity index (χ2n) is 5.90. The van der Waals surface area contributed by atoms with Crippen molar-refractivity contribution in [1.82, 2.24) is 4.90 Å². The first kappa shape index (κ1) is 19.0. The van der Waals surface area contributed by atoms with Crippen LogP contribution in [-0.2, 0) is 15.8 Å². The van der Waals surface area contributed by atoms with Crippen molar-refractivity contribution in [3.63, 3.8) is 0 Å². The van der Waals surface area contributed by atoms with Gasteiger partial charge in [0, 0.05) is 38.3 Å². The molecule has 0 bridgehead atoms.